The van der Waals surface area contributed by atoms with Crippen LogP contribution < -0.4 is 10.5 Å². The van der Waals surface area contributed by atoms with E-state index < -0.39 is 0 Å². The average molecular weight is 209 g/mol. The average Bonchev–Trinajstić information content (AvgIpc) is 2.79. The smallest absolute Gasteiger partial charge is 0.181 e. The van der Waals surface area contributed by atoms with Crippen molar-refractivity contribution in [3.63, 3.8) is 0 Å². The number of aromatic nitrogens is 2. The van der Waals surface area contributed by atoms with Gasteiger partial charge in [-0.2, -0.15) is 5.10 Å². The highest BCUT2D eigenvalue weighted by Gasteiger charge is 2.00. The molecule has 0 aliphatic heterocycles. The van der Waals surface area contributed by atoms with E-state index in [2.05, 4.69) is 5.10 Å². The fourth-order valence-corrected chi connectivity index (χ4v) is 1.68. The maximum Gasteiger partial charge on any atom is 0.181 e. The van der Waals surface area contributed by atoms with Crippen LogP contribution in [0.15, 0.2) is 29.9 Å². The predicted octanol–water partition coefficient (Wildman–Crippen LogP) is 1.70. The summed E-state index contributed by atoms with van der Waals surface area (Å²) in [6, 6.07) is 3.87. The van der Waals surface area contributed by atoms with Gasteiger partial charge in [0, 0.05) is 6.54 Å². The lowest BCUT2D eigenvalue weighted by molar-refractivity contribution is 0.494. The van der Waals surface area contributed by atoms with Crippen molar-refractivity contribution < 1.29 is 4.74 Å². The maximum absolute atomic E-state index is 5.54. The first-order chi connectivity index (χ1) is 6.88. The summed E-state index contributed by atoms with van der Waals surface area (Å²) < 4.78 is 7.31. The van der Waals surface area contributed by atoms with E-state index >= 15 is 0 Å². The van der Waals surface area contributed by atoms with Crippen molar-refractivity contribution in [3.05, 3.63) is 29.9 Å². The van der Waals surface area contributed by atoms with Crippen LogP contribution in [-0.2, 0) is 6.54 Å². The highest BCUT2D eigenvalue weighted by Crippen LogP contribution is 2.25. The molecule has 14 heavy (non-hydrogen) atoms. The summed E-state index contributed by atoms with van der Waals surface area (Å²) in [7, 11) is 0. The molecule has 74 valence electrons. The largest absolute Gasteiger partial charge is 0.443 e. The molecule has 2 aromatic rings. The minimum atomic E-state index is 0.583. The number of nitrogens with zero attached hydrogens (tertiary/aromatic N) is 2. The van der Waals surface area contributed by atoms with Gasteiger partial charge in [-0.05, 0) is 17.5 Å². The topological polar surface area (TPSA) is 53.1 Å². The molecule has 2 heterocycles. The Hall–Kier alpha value is -1.33. The van der Waals surface area contributed by atoms with Crippen LogP contribution in [0.3, 0.4) is 0 Å². The molecular weight excluding hydrogens is 198 g/mol. The Kier molecular flexibility index (Phi) is 2.81. The van der Waals surface area contributed by atoms with Crippen LogP contribution in [-0.4, -0.2) is 16.3 Å². The molecule has 2 N–H and O–H groups in total. The molecule has 0 radical (unpaired) electrons. The van der Waals surface area contributed by atoms with E-state index in [0.717, 1.165) is 10.8 Å². The molecule has 0 saturated heterocycles. The third kappa shape index (κ3) is 2.12. The van der Waals surface area contributed by atoms with Crippen LogP contribution in [0, 0.1) is 0 Å². The summed E-state index contributed by atoms with van der Waals surface area (Å²) in [5.74, 6) is 0.751. The number of rotatable bonds is 4. The van der Waals surface area contributed by atoms with E-state index in [1.807, 2.05) is 23.7 Å². The predicted molar refractivity (Wildman–Crippen MR) is 55.7 cm³/mol. The Labute approximate surface area is 85.9 Å². The molecule has 4 nitrogen and oxygen atoms in total. The van der Waals surface area contributed by atoms with E-state index in [4.69, 9.17) is 10.5 Å². The summed E-state index contributed by atoms with van der Waals surface area (Å²) >= 11 is 1.56. The Morgan fingerprint density at radius 2 is 2.50 bits per heavy atom. The van der Waals surface area contributed by atoms with Crippen LogP contribution in [0.2, 0.25) is 0 Å². The van der Waals surface area contributed by atoms with Gasteiger partial charge in [0.1, 0.15) is 0 Å². The number of nitrogens with two attached hydrogens (primary N) is 1. The van der Waals surface area contributed by atoms with Gasteiger partial charge >= 0.3 is 0 Å². The SMILES string of the molecule is NCCn1cc(Oc2cccs2)cn1. The van der Waals surface area contributed by atoms with Gasteiger partial charge in [-0.15, -0.1) is 11.3 Å². The van der Waals surface area contributed by atoms with Crippen LogP contribution >= 0.6 is 11.3 Å². The first-order valence-electron chi connectivity index (χ1n) is 4.32. The Balaban J connectivity index is 2.03. The maximum atomic E-state index is 5.54. The van der Waals surface area contributed by atoms with Crippen molar-refractivity contribution >= 4 is 11.3 Å². The molecule has 0 bridgehead atoms. The second-order valence-corrected chi connectivity index (χ2v) is 3.67. The van der Waals surface area contributed by atoms with Gasteiger partial charge in [0.15, 0.2) is 10.8 Å². The van der Waals surface area contributed by atoms with Gasteiger partial charge in [0.05, 0.1) is 18.9 Å². The fraction of sp³-hybridized carbons (Fsp3) is 0.222. The van der Waals surface area contributed by atoms with Gasteiger partial charge in [-0.1, -0.05) is 0 Å². The highest BCUT2D eigenvalue weighted by atomic mass is 32.1. The van der Waals surface area contributed by atoms with Crippen LogP contribution in [0.4, 0.5) is 0 Å². The van der Waals surface area contributed by atoms with Crippen LogP contribution in [0.25, 0.3) is 0 Å². The number of hydrogen-bond acceptors (Lipinski definition) is 4. The van der Waals surface area contributed by atoms with E-state index in [0.29, 0.717) is 13.1 Å². The van der Waals surface area contributed by atoms with Gasteiger partial charge in [0.2, 0.25) is 0 Å². The van der Waals surface area contributed by atoms with Crippen molar-refractivity contribution in [2.75, 3.05) is 6.54 Å². The van der Waals surface area contributed by atoms with Gasteiger partial charge < -0.3 is 10.5 Å². The molecule has 0 atom stereocenters. The normalized spacial score (nSPS) is 10.4. The van der Waals surface area contributed by atoms with E-state index in [1.54, 1.807) is 22.2 Å². The van der Waals surface area contributed by atoms with Crippen molar-refractivity contribution in [2.45, 2.75) is 6.54 Å². The molecule has 0 aliphatic rings. The fourth-order valence-electron chi connectivity index (χ4n) is 1.09. The number of hydrogen-bond donors (Lipinski definition) is 1. The highest BCUT2D eigenvalue weighted by molar-refractivity contribution is 7.11. The zero-order chi connectivity index (χ0) is 9.80. The molecule has 0 spiro atoms. The lowest BCUT2D eigenvalue weighted by Gasteiger charge is -1.97. The standard InChI is InChI=1S/C9H11N3OS/c10-3-4-12-7-8(6-11-12)13-9-2-1-5-14-9/h1-2,5-7H,3-4,10H2. The molecule has 0 aromatic carbocycles. The van der Waals surface area contributed by atoms with Gasteiger partial charge in [-0.25, -0.2) is 0 Å². The third-order valence-corrected chi connectivity index (χ3v) is 2.43. The van der Waals surface area contributed by atoms with E-state index in [1.165, 1.54) is 0 Å². The number of thiophene rings is 1. The molecule has 0 amide bonds. The molecular formula is C9H11N3OS. The first-order valence-corrected chi connectivity index (χ1v) is 5.20. The lowest BCUT2D eigenvalue weighted by Crippen LogP contribution is -2.09. The summed E-state index contributed by atoms with van der Waals surface area (Å²) in [5, 5.41) is 6.95. The second kappa shape index (κ2) is 4.26. The molecule has 5 heteroatoms. The second-order valence-electron chi connectivity index (χ2n) is 2.76. The quantitative estimate of drug-likeness (QED) is 0.833. The monoisotopic (exact) mass is 209 g/mol. The lowest BCUT2D eigenvalue weighted by atomic mass is 10.6. The van der Waals surface area contributed by atoms with Gasteiger partial charge in [-0.3, -0.25) is 4.68 Å². The van der Waals surface area contributed by atoms with E-state index in [9.17, 15) is 0 Å². The Bertz CT molecular complexity index is 382. The summed E-state index contributed by atoms with van der Waals surface area (Å²) in [6.07, 6.45) is 3.53. The third-order valence-electron chi connectivity index (χ3n) is 1.68. The van der Waals surface area contributed by atoms with Crippen molar-refractivity contribution in [3.8, 4) is 10.8 Å². The van der Waals surface area contributed by atoms with E-state index in [-0.39, 0.29) is 0 Å². The van der Waals surface area contributed by atoms with Crippen LogP contribution in [0.5, 0.6) is 10.8 Å². The number of ether oxygens (including phenoxy) is 1. The van der Waals surface area contributed by atoms with Crippen molar-refractivity contribution in [1.29, 1.82) is 0 Å². The Morgan fingerprint density at radius 1 is 1.57 bits per heavy atom. The molecule has 0 aliphatic carbocycles. The Morgan fingerprint density at radius 3 is 3.21 bits per heavy atom. The summed E-state index contributed by atoms with van der Waals surface area (Å²) in [4.78, 5) is 0. The molecule has 2 aromatic heterocycles. The van der Waals surface area contributed by atoms with Crippen LogP contribution in [0.1, 0.15) is 0 Å². The van der Waals surface area contributed by atoms with Crippen molar-refractivity contribution in [2.24, 2.45) is 5.73 Å². The molecule has 0 saturated carbocycles. The minimum Gasteiger partial charge on any atom is -0.443 e. The summed E-state index contributed by atoms with van der Waals surface area (Å²) in [6.45, 7) is 1.30. The van der Waals surface area contributed by atoms with Crippen molar-refractivity contribution in [1.82, 2.24) is 9.78 Å². The summed E-state index contributed by atoms with van der Waals surface area (Å²) in [5.41, 5.74) is 5.41. The minimum absolute atomic E-state index is 0.583. The zero-order valence-corrected chi connectivity index (χ0v) is 8.41. The first kappa shape index (κ1) is 9.23. The molecule has 0 fully saturated rings. The molecule has 2 rings (SSSR count). The van der Waals surface area contributed by atoms with Gasteiger partial charge in [0.25, 0.3) is 0 Å². The zero-order valence-electron chi connectivity index (χ0n) is 7.59. The molecule has 0 unspecified atom stereocenters.